The Hall–Kier alpha value is -1.97. The maximum atomic E-state index is 12.4. The van der Waals surface area contributed by atoms with Crippen LogP contribution < -0.4 is 4.90 Å². The first-order valence-corrected chi connectivity index (χ1v) is 7.58. The lowest BCUT2D eigenvalue weighted by Gasteiger charge is -2.24. The highest BCUT2D eigenvalue weighted by Gasteiger charge is 2.38. The first-order valence-electron chi connectivity index (χ1n) is 7.58. The molecular weight excluding hydrogens is 266 g/mol. The molecule has 0 atom stereocenters. The summed E-state index contributed by atoms with van der Waals surface area (Å²) < 4.78 is 0. The number of fused-ring (bicyclic) bond motifs is 1. The highest BCUT2D eigenvalue weighted by Crippen LogP contribution is 2.33. The first-order chi connectivity index (χ1) is 10.1. The minimum atomic E-state index is -0.566. The zero-order chi connectivity index (χ0) is 15.0. The number of ketones is 2. The second kappa shape index (κ2) is 5.43. The SMILES string of the molecule is Cc1cccc2c1N(CC(=O)C1CCCCC1)C(=O)C2=O. The number of benzene rings is 1. The van der Waals surface area contributed by atoms with E-state index in [2.05, 4.69) is 0 Å². The minimum Gasteiger partial charge on any atom is -0.297 e. The summed E-state index contributed by atoms with van der Waals surface area (Å²) in [5, 5.41) is 0. The molecule has 0 N–H and O–H groups in total. The van der Waals surface area contributed by atoms with Crippen molar-refractivity contribution in [3.05, 3.63) is 29.3 Å². The molecule has 1 aromatic carbocycles. The summed E-state index contributed by atoms with van der Waals surface area (Å²) in [6.07, 6.45) is 5.18. The van der Waals surface area contributed by atoms with Gasteiger partial charge in [0.15, 0.2) is 5.78 Å². The Morgan fingerprint density at radius 3 is 2.62 bits per heavy atom. The lowest BCUT2D eigenvalue weighted by atomic mass is 9.86. The maximum absolute atomic E-state index is 12.4. The molecule has 2 aliphatic rings. The van der Waals surface area contributed by atoms with Crippen LogP contribution in [0.15, 0.2) is 18.2 Å². The van der Waals surface area contributed by atoms with Gasteiger partial charge in [-0.15, -0.1) is 0 Å². The average molecular weight is 285 g/mol. The molecule has 0 unspecified atom stereocenters. The van der Waals surface area contributed by atoms with Gasteiger partial charge < -0.3 is 0 Å². The molecule has 0 radical (unpaired) electrons. The quantitative estimate of drug-likeness (QED) is 0.802. The second-order valence-corrected chi connectivity index (χ2v) is 5.99. The Labute approximate surface area is 124 Å². The van der Waals surface area contributed by atoms with Crippen LogP contribution >= 0.6 is 0 Å². The molecule has 110 valence electrons. The molecule has 0 bridgehead atoms. The van der Waals surface area contributed by atoms with Crippen LogP contribution in [0.2, 0.25) is 0 Å². The van der Waals surface area contributed by atoms with E-state index in [-0.39, 0.29) is 18.2 Å². The van der Waals surface area contributed by atoms with Gasteiger partial charge in [-0.1, -0.05) is 31.4 Å². The van der Waals surface area contributed by atoms with Gasteiger partial charge in [-0.25, -0.2) is 0 Å². The molecule has 1 amide bonds. The smallest absolute Gasteiger partial charge is 0.297 e. The number of aryl methyl sites for hydroxylation is 1. The third-order valence-electron chi connectivity index (χ3n) is 4.57. The summed E-state index contributed by atoms with van der Waals surface area (Å²) in [7, 11) is 0. The molecule has 0 spiro atoms. The van der Waals surface area contributed by atoms with Crippen LogP contribution in [-0.4, -0.2) is 24.0 Å². The van der Waals surface area contributed by atoms with E-state index >= 15 is 0 Å². The number of hydrogen-bond acceptors (Lipinski definition) is 3. The number of Topliss-reactive ketones (excluding diaryl/α,β-unsaturated/α-hetero) is 2. The number of para-hydroxylation sites is 1. The van der Waals surface area contributed by atoms with Crippen molar-refractivity contribution in [2.75, 3.05) is 11.4 Å². The van der Waals surface area contributed by atoms with Crippen LogP contribution in [0.4, 0.5) is 5.69 Å². The Kier molecular flexibility index (Phi) is 3.62. The minimum absolute atomic E-state index is 0.0348. The van der Waals surface area contributed by atoms with Gasteiger partial charge in [-0.2, -0.15) is 0 Å². The van der Waals surface area contributed by atoms with Gasteiger partial charge in [-0.05, 0) is 31.4 Å². The molecule has 4 nitrogen and oxygen atoms in total. The molecule has 1 aliphatic heterocycles. The predicted octanol–water partition coefficient (Wildman–Crippen LogP) is 2.67. The van der Waals surface area contributed by atoms with Gasteiger partial charge in [0.2, 0.25) is 0 Å². The van der Waals surface area contributed by atoms with Crippen molar-refractivity contribution in [1.29, 1.82) is 0 Å². The van der Waals surface area contributed by atoms with Crippen molar-refractivity contribution >= 4 is 23.2 Å². The molecule has 0 aromatic heterocycles. The third kappa shape index (κ3) is 2.39. The fourth-order valence-corrected chi connectivity index (χ4v) is 3.40. The van der Waals surface area contributed by atoms with Crippen molar-refractivity contribution in [3.8, 4) is 0 Å². The van der Waals surface area contributed by atoms with E-state index in [0.717, 1.165) is 31.2 Å². The van der Waals surface area contributed by atoms with Gasteiger partial charge in [-0.3, -0.25) is 19.3 Å². The number of amides is 1. The zero-order valence-electron chi connectivity index (χ0n) is 12.2. The normalized spacial score (nSPS) is 19.0. The van der Waals surface area contributed by atoms with Crippen LogP contribution in [0.5, 0.6) is 0 Å². The van der Waals surface area contributed by atoms with Crippen LogP contribution in [-0.2, 0) is 9.59 Å². The summed E-state index contributed by atoms with van der Waals surface area (Å²) in [5.41, 5.74) is 1.91. The highest BCUT2D eigenvalue weighted by atomic mass is 16.2. The summed E-state index contributed by atoms with van der Waals surface area (Å²) >= 11 is 0. The van der Waals surface area contributed by atoms with Crippen molar-refractivity contribution in [3.63, 3.8) is 0 Å². The lowest BCUT2D eigenvalue weighted by molar-refractivity contribution is -0.124. The van der Waals surface area contributed by atoms with Crippen LogP contribution in [0, 0.1) is 12.8 Å². The predicted molar refractivity (Wildman–Crippen MR) is 79.4 cm³/mol. The molecule has 1 heterocycles. The Balaban J connectivity index is 1.84. The van der Waals surface area contributed by atoms with E-state index in [9.17, 15) is 14.4 Å². The van der Waals surface area contributed by atoms with Gasteiger partial charge in [0.25, 0.3) is 11.7 Å². The molecule has 1 aromatic rings. The van der Waals surface area contributed by atoms with Crippen molar-refractivity contribution in [2.24, 2.45) is 5.92 Å². The molecular formula is C17H19NO3. The van der Waals surface area contributed by atoms with E-state index in [1.807, 2.05) is 13.0 Å². The molecule has 0 saturated heterocycles. The highest BCUT2D eigenvalue weighted by molar-refractivity contribution is 6.52. The molecule has 4 heteroatoms. The standard InChI is InChI=1S/C17H19NO3/c1-11-6-5-9-13-15(11)18(17(21)16(13)20)10-14(19)12-7-3-2-4-8-12/h5-6,9,12H,2-4,7-8,10H2,1H3. The molecule has 1 saturated carbocycles. The van der Waals surface area contributed by atoms with Crippen LogP contribution in [0.1, 0.15) is 48.0 Å². The van der Waals surface area contributed by atoms with Gasteiger partial charge in [0, 0.05) is 5.92 Å². The number of nitrogens with zero attached hydrogens (tertiary/aromatic N) is 1. The monoisotopic (exact) mass is 285 g/mol. The Bertz CT molecular complexity index is 614. The Morgan fingerprint density at radius 1 is 1.19 bits per heavy atom. The molecule has 21 heavy (non-hydrogen) atoms. The topological polar surface area (TPSA) is 54.5 Å². The van der Waals surface area contributed by atoms with Crippen LogP contribution in [0.3, 0.4) is 0 Å². The summed E-state index contributed by atoms with van der Waals surface area (Å²) in [4.78, 5) is 38.0. The average Bonchev–Trinajstić information content (AvgIpc) is 2.74. The van der Waals surface area contributed by atoms with Crippen LogP contribution in [0.25, 0.3) is 0 Å². The number of rotatable bonds is 3. The third-order valence-corrected chi connectivity index (χ3v) is 4.57. The molecule has 1 fully saturated rings. The van der Waals surface area contributed by atoms with Gasteiger partial charge in [0.05, 0.1) is 17.8 Å². The van der Waals surface area contributed by atoms with Crippen molar-refractivity contribution in [2.45, 2.75) is 39.0 Å². The van der Waals surface area contributed by atoms with E-state index in [4.69, 9.17) is 0 Å². The molecule has 1 aliphatic carbocycles. The fraction of sp³-hybridized carbons (Fsp3) is 0.471. The van der Waals surface area contributed by atoms with E-state index in [1.165, 1.54) is 11.3 Å². The van der Waals surface area contributed by atoms with Crippen molar-refractivity contribution in [1.82, 2.24) is 0 Å². The van der Waals surface area contributed by atoms with Gasteiger partial charge >= 0.3 is 0 Å². The second-order valence-electron chi connectivity index (χ2n) is 5.99. The number of carbonyl (C=O) groups is 3. The summed E-state index contributed by atoms with van der Waals surface area (Å²) in [5.74, 6) is -0.921. The zero-order valence-corrected chi connectivity index (χ0v) is 12.2. The lowest BCUT2D eigenvalue weighted by Crippen LogP contribution is -2.37. The number of carbonyl (C=O) groups excluding carboxylic acids is 3. The van der Waals surface area contributed by atoms with E-state index in [1.54, 1.807) is 12.1 Å². The van der Waals surface area contributed by atoms with Gasteiger partial charge in [0.1, 0.15) is 0 Å². The maximum Gasteiger partial charge on any atom is 0.299 e. The summed E-state index contributed by atoms with van der Waals surface area (Å²) in [6, 6.07) is 5.29. The Morgan fingerprint density at radius 2 is 1.90 bits per heavy atom. The fourth-order valence-electron chi connectivity index (χ4n) is 3.40. The summed E-state index contributed by atoms with van der Waals surface area (Å²) in [6.45, 7) is 1.90. The van der Waals surface area contributed by atoms with Crippen molar-refractivity contribution < 1.29 is 14.4 Å². The van der Waals surface area contributed by atoms with E-state index < -0.39 is 11.7 Å². The largest absolute Gasteiger partial charge is 0.299 e. The number of anilines is 1. The molecule has 3 rings (SSSR count). The number of hydrogen-bond donors (Lipinski definition) is 0. The van der Waals surface area contributed by atoms with E-state index in [0.29, 0.717) is 11.3 Å². The first kappa shape index (κ1) is 14.0.